The van der Waals surface area contributed by atoms with Crippen molar-refractivity contribution in [2.45, 2.75) is 19.5 Å². The predicted octanol–water partition coefficient (Wildman–Crippen LogP) is 4.14. The number of hydrogen-bond donors (Lipinski definition) is 1. The van der Waals surface area contributed by atoms with E-state index in [9.17, 15) is 14.0 Å². The van der Waals surface area contributed by atoms with Crippen LogP contribution in [0.1, 0.15) is 19.4 Å². The van der Waals surface area contributed by atoms with Gasteiger partial charge in [0.1, 0.15) is 23.7 Å². The maximum absolute atomic E-state index is 13.1. The zero-order chi connectivity index (χ0) is 19.8. The summed E-state index contributed by atoms with van der Waals surface area (Å²) in [5.74, 6) is -1.21. The predicted molar refractivity (Wildman–Crippen MR) is 104 cm³/mol. The summed E-state index contributed by atoms with van der Waals surface area (Å²) in [6, 6.07) is 10.2. The van der Waals surface area contributed by atoms with Gasteiger partial charge in [-0.05, 0) is 56.3 Å². The van der Waals surface area contributed by atoms with E-state index >= 15 is 0 Å². The van der Waals surface area contributed by atoms with Gasteiger partial charge in [-0.1, -0.05) is 23.2 Å². The van der Waals surface area contributed by atoms with E-state index in [-0.39, 0.29) is 12.3 Å². The van der Waals surface area contributed by atoms with Crippen LogP contribution in [0.25, 0.3) is 0 Å². The van der Waals surface area contributed by atoms with Crippen LogP contribution in [0.4, 0.5) is 10.1 Å². The largest absolute Gasteiger partial charge is 0.324 e. The van der Waals surface area contributed by atoms with Crippen LogP contribution in [0.2, 0.25) is 10.0 Å². The molecule has 2 aromatic carbocycles. The average Bonchev–Trinajstić information content (AvgIpc) is 2.78. The van der Waals surface area contributed by atoms with E-state index in [1.807, 2.05) is 0 Å². The molecule has 2 amide bonds. The van der Waals surface area contributed by atoms with Crippen molar-refractivity contribution in [2.24, 2.45) is 4.99 Å². The molecular formula is C19H16Cl2FN3O2. The Morgan fingerprint density at radius 1 is 1.15 bits per heavy atom. The van der Waals surface area contributed by atoms with E-state index in [1.54, 1.807) is 32.0 Å². The number of aliphatic imine (C=N–C) groups is 1. The van der Waals surface area contributed by atoms with Crippen LogP contribution in [-0.2, 0) is 9.59 Å². The summed E-state index contributed by atoms with van der Waals surface area (Å²) in [5.41, 5.74) is 0.212. The molecule has 0 spiro atoms. The van der Waals surface area contributed by atoms with Crippen molar-refractivity contribution in [2.75, 3.05) is 11.9 Å². The minimum absolute atomic E-state index is 0.193. The lowest BCUT2D eigenvalue weighted by Crippen LogP contribution is -2.46. The van der Waals surface area contributed by atoms with Gasteiger partial charge in [0.15, 0.2) is 0 Å². The first-order chi connectivity index (χ1) is 12.7. The van der Waals surface area contributed by atoms with E-state index in [0.29, 0.717) is 21.3 Å². The molecule has 1 N–H and O–H groups in total. The maximum Gasteiger partial charge on any atom is 0.275 e. The number of benzene rings is 2. The third-order valence-electron chi connectivity index (χ3n) is 4.06. The van der Waals surface area contributed by atoms with Gasteiger partial charge in [-0.2, -0.15) is 0 Å². The monoisotopic (exact) mass is 407 g/mol. The Balaban J connectivity index is 1.76. The van der Waals surface area contributed by atoms with Crippen LogP contribution in [0.5, 0.6) is 0 Å². The lowest BCUT2D eigenvalue weighted by atomic mass is 10.1. The minimum Gasteiger partial charge on any atom is -0.324 e. The van der Waals surface area contributed by atoms with Crippen LogP contribution in [0, 0.1) is 5.82 Å². The van der Waals surface area contributed by atoms with Crippen molar-refractivity contribution in [1.29, 1.82) is 0 Å². The second-order valence-electron chi connectivity index (χ2n) is 6.56. The van der Waals surface area contributed by atoms with Crippen molar-refractivity contribution in [1.82, 2.24) is 4.90 Å². The number of amides is 2. The number of rotatable bonds is 4. The Morgan fingerprint density at radius 2 is 1.74 bits per heavy atom. The fourth-order valence-electron chi connectivity index (χ4n) is 2.79. The van der Waals surface area contributed by atoms with E-state index < -0.39 is 23.3 Å². The van der Waals surface area contributed by atoms with Crippen LogP contribution in [0.3, 0.4) is 0 Å². The summed E-state index contributed by atoms with van der Waals surface area (Å²) in [5, 5.41) is 3.44. The molecule has 0 saturated carbocycles. The number of halogens is 3. The van der Waals surface area contributed by atoms with Gasteiger partial charge in [0.25, 0.3) is 5.91 Å². The first-order valence-corrected chi connectivity index (χ1v) is 8.85. The zero-order valence-corrected chi connectivity index (χ0v) is 16.1. The molecule has 0 bridgehead atoms. The van der Waals surface area contributed by atoms with Gasteiger partial charge in [-0.15, -0.1) is 0 Å². The summed E-state index contributed by atoms with van der Waals surface area (Å²) in [6.07, 6.45) is 0. The van der Waals surface area contributed by atoms with Gasteiger partial charge in [0.05, 0.1) is 0 Å². The second kappa shape index (κ2) is 7.29. The fourth-order valence-corrected chi connectivity index (χ4v) is 3.32. The molecule has 0 aromatic heterocycles. The topological polar surface area (TPSA) is 61.8 Å². The van der Waals surface area contributed by atoms with Gasteiger partial charge in [-0.25, -0.2) is 4.39 Å². The van der Waals surface area contributed by atoms with E-state index in [2.05, 4.69) is 10.3 Å². The molecule has 0 radical (unpaired) electrons. The first-order valence-electron chi connectivity index (χ1n) is 8.09. The highest BCUT2D eigenvalue weighted by Crippen LogP contribution is 2.27. The molecule has 0 atom stereocenters. The van der Waals surface area contributed by atoms with E-state index in [0.717, 1.165) is 0 Å². The van der Waals surface area contributed by atoms with Crippen molar-refractivity contribution in [3.8, 4) is 0 Å². The molecule has 1 aliphatic heterocycles. The third kappa shape index (κ3) is 4.28. The Kier molecular flexibility index (Phi) is 5.22. The first kappa shape index (κ1) is 19.3. The molecule has 27 heavy (non-hydrogen) atoms. The quantitative estimate of drug-likeness (QED) is 0.827. The smallest absolute Gasteiger partial charge is 0.275 e. The molecular weight excluding hydrogens is 392 g/mol. The van der Waals surface area contributed by atoms with Gasteiger partial charge >= 0.3 is 0 Å². The minimum atomic E-state index is -0.913. The average molecular weight is 408 g/mol. The highest BCUT2D eigenvalue weighted by atomic mass is 35.5. The number of hydrogen-bond acceptors (Lipinski definition) is 3. The van der Waals surface area contributed by atoms with Crippen LogP contribution in [0.15, 0.2) is 47.5 Å². The van der Waals surface area contributed by atoms with Crippen LogP contribution < -0.4 is 5.32 Å². The molecule has 0 saturated heterocycles. The summed E-state index contributed by atoms with van der Waals surface area (Å²) >= 11 is 11.9. The van der Waals surface area contributed by atoms with Crippen LogP contribution >= 0.6 is 23.2 Å². The van der Waals surface area contributed by atoms with E-state index in [4.69, 9.17) is 23.2 Å². The van der Waals surface area contributed by atoms with E-state index in [1.165, 1.54) is 29.2 Å². The Bertz CT molecular complexity index is 922. The molecule has 0 unspecified atom stereocenters. The summed E-state index contributed by atoms with van der Waals surface area (Å²) in [4.78, 5) is 31.0. The van der Waals surface area contributed by atoms with Crippen molar-refractivity contribution >= 4 is 46.4 Å². The molecule has 0 aliphatic carbocycles. The second-order valence-corrected chi connectivity index (χ2v) is 7.43. The standard InChI is InChI=1S/C19H16Cl2FN3O2/c1-19(2)24-17(11-3-5-14(22)6-4-11)18(27)25(19)10-16(26)23-15-8-12(20)7-13(21)9-15/h3-9H,10H2,1-2H3,(H,23,26). The van der Waals surface area contributed by atoms with Crippen molar-refractivity contribution < 1.29 is 14.0 Å². The number of carbonyl (C=O) groups is 2. The van der Waals surface area contributed by atoms with Gasteiger partial charge in [-0.3, -0.25) is 14.6 Å². The maximum atomic E-state index is 13.1. The highest BCUT2D eigenvalue weighted by molar-refractivity contribution is 6.47. The zero-order valence-electron chi connectivity index (χ0n) is 14.6. The Labute approximate surface area is 165 Å². The Hall–Kier alpha value is -2.44. The number of nitrogens with zero attached hydrogens (tertiary/aromatic N) is 2. The molecule has 140 valence electrons. The molecule has 1 aliphatic rings. The van der Waals surface area contributed by atoms with Crippen LogP contribution in [-0.4, -0.2) is 34.6 Å². The molecule has 2 aromatic rings. The Morgan fingerprint density at radius 3 is 2.33 bits per heavy atom. The molecule has 0 fully saturated rings. The third-order valence-corrected chi connectivity index (χ3v) is 4.50. The summed E-state index contributed by atoms with van der Waals surface area (Å²) in [7, 11) is 0. The normalized spacial score (nSPS) is 15.7. The molecule has 8 heteroatoms. The number of anilines is 1. The van der Waals surface area contributed by atoms with Gasteiger partial charge < -0.3 is 10.2 Å². The SMILES string of the molecule is CC1(C)N=C(c2ccc(F)cc2)C(=O)N1CC(=O)Nc1cc(Cl)cc(Cl)c1. The van der Waals surface area contributed by atoms with Crippen molar-refractivity contribution in [3.63, 3.8) is 0 Å². The van der Waals surface area contributed by atoms with Crippen molar-refractivity contribution in [3.05, 3.63) is 63.9 Å². The summed E-state index contributed by atoms with van der Waals surface area (Å²) in [6.45, 7) is 3.25. The molecule has 1 heterocycles. The number of carbonyl (C=O) groups excluding carboxylic acids is 2. The summed E-state index contributed by atoms with van der Waals surface area (Å²) < 4.78 is 13.1. The molecule has 3 rings (SSSR count). The fraction of sp³-hybridized carbons (Fsp3) is 0.211. The lowest BCUT2D eigenvalue weighted by molar-refractivity contribution is -0.131. The number of nitrogens with one attached hydrogen (secondary N) is 1. The van der Waals surface area contributed by atoms with Gasteiger partial charge in [0, 0.05) is 21.3 Å². The molecule has 5 nitrogen and oxygen atoms in total. The highest BCUT2D eigenvalue weighted by Gasteiger charge is 2.41. The lowest BCUT2D eigenvalue weighted by Gasteiger charge is -2.28. The van der Waals surface area contributed by atoms with Gasteiger partial charge in [0.2, 0.25) is 5.91 Å².